The summed E-state index contributed by atoms with van der Waals surface area (Å²) in [5, 5.41) is 7.22. The maximum absolute atomic E-state index is 12.5. The molecule has 0 spiro atoms. The van der Waals surface area contributed by atoms with Crippen LogP contribution in [0.5, 0.6) is 0 Å². The third-order valence-corrected chi connectivity index (χ3v) is 3.70. The highest BCUT2D eigenvalue weighted by atomic mass is 19.4. The van der Waals surface area contributed by atoms with Crippen molar-refractivity contribution in [1.29, 1.82) is 0 Å². The highest BCUT2D eigenvalue weighted by molar-refractivity contribution is 5.92. The van der Waals surface area contributed by atoms with E-state index in [0.29, 0.717) is 13.0 Å². The van der Waals surface area contributed by atoms with Gasteiger partial charge in [0, 0.05) is 32.1 Å². The molecule has 1 unspecified atom stereocenters. The van der Waals surface area contributed by atoms with Crippen LogP contribution in [0.1, 0.15) is 34.5 Å². The second kappa shape index (κ2) is 5.73. The summed E-state index contributed by atoms with van der Waals surface area (Å²) in [6.45, 7) is 0.476. The first-order valence-corrected chi connectivity index (χ1v) is 7.00. The van der Waals surface area contributed by atoms with E-state index in [1.54, 1.807) is 0 Å². The molecule has 1 fully saturated rings. The van der Waals surface area contributed by atoms with E-state index in [-0.39, 0.29) is 23.6 Å². The monoisotopic (exact) mass is 343 g/mol. The minimum Gasteiger partial charge on any atom is -0.336 e. The van der Waals surface area contributed by atoms with Gasteiger partial charge in [-0.15, -0.1) is 0 Å². The number of nitrogens with zero attached hydrogens (tertiary/aromatic N) is 5. The fraction of sp³-hybridized carbons (Fsp3) is 0.462. The van der Waals surface area contributed by atoms with Gasteiger partial charge in [-0.2, -0.15) is 23.3 Å². The molecule has 2 aromatic heterocycles. The summed E-state index contributed by atoms with van der Waals surface area (Å²) >= 11 is 0. The lowest BCUT2D eigenvalue weighted by atomic mass is 10.1. The van der Waals surface area contributed by atoms with Crippen molar-refractivity contribution >= 4 is 5.91 Å². The van der Waals surface area contributed by atoms with Crippen molar-refractivity contribution in [2.75, 3.05) is 13.1 Å². The Morgan fingerprint density at radius 2 is 2.12 bits per heavy atom. The van der Waals surface area contributed by atoms with E-state index in [1.165, 1.54) is 24.1 Å². The van der Waals surface area contributed by atoms with Crippen LogP contribution in [0.4, 0.5) is 13.2 Å². The Hall–Kier alpha value is -2.72. The van der Waals surface area contributed by atoms with Crippen LogP contribution in [0.2, 0.25) is 0 Å². The normalized spacial score (nSPS) is 18.2. The molecule has 0 radical (unpaired) electrons. The van der Waals surface area contributed by atoms with E-state index in [0.717, 1.165) is 4.68 Å². The summed E-state index contributed by atoms with van der Waals surface area (Å²) < 4.78 is 42.7. The number of carbonyl (C=O) groups excluding carboxylic acids is 1. The molecule has 1 aliphatic rings. The number of hydrogen-bond acceptors (Lipinski definition) is 6. The third-order valence-electron chi connectivity index (χ3n) is 3.70. The Morgan fingerprint density at radius 1 is 1.38 bits per heavy atom. The van der Waals surface area contributed by atoms with Gasteiger partial charge >= 0.3 is 12.1 Å². The first-order chi connectivity index (χ1) is 11.3. The lowest BCUT2D eigenvalue weighted by Crippen LogP contribution is -2.31. The molecule has 1 aliphatic heterocycles. The molecule has 24 heavy (non-hydrogen) atoms. The van der Waals surface area contributed by atoms with Gasteiger partial charge in [-0.3, -0.25) is 9.59 Å². The number of likely N-dealkylation sites (tertiary alicyclic amines) is 1. The number of rotatable bonds is 2. The predicted molar refractivity (Wildman–Crippen MR) is 72.0 cm³/mol. The van der Waals surface area contributed by atoms with E-state index in [9.17, 15) is 22.8 Å². The number of hydrogen-bond donors (Lipinski definition) is 0. The molecular weight excluding hydrogens is 331 g/mol. The zero-order chi connectivity index (χ0) is 17.5. The van der Waals surface area contributed by atoms with Crippen molar-refractivity contribution in [3.05, 3.63) is 39.9 Å². The van der Waals surface area contributed by atoms with Crippen molar-refractivity contribution in [2.45, 2.75) is 18.5 Å². The second-order valence-corrected chi connectivity index (χ2v) is 5.37. The average molecular weight is 343 g/mol. The van der Waals surface area contributed by atoms with E-state index < -0.39 is 23.9 Å². The molecule has 1 amide bonds. The molecule has 2 aromatic rings. The lowest BCUT2D eigenvalue weighted by Gasteiger charge is -2.15. The minimum atomic E-state index is -4.70. The molecule has 8 nitrogen and oxygen atoms in total. The summed E-state index contributed by atoms with van der Waals surface area (Å²) in [5.41, 5.74) is -0.265. The molecule has 1 saturated heterocycles. The van der Waals surface area contributed by atoms with E-state index in [4.69, 9.17) is 0 Å². The summed E-state index contributed by atoms with van der Waals surface area (Å²) in [7, 11) is 1.42. The first-order valence-electron chi connectivity index (χ1n) is 7.00. The first kappa shape index (κ1) is 16.1. The summed E-state index contributed by atoms with van der Waals surface area (Å²) in [4.78, 5) is 28.4. The van der Waals surface area contributed by atoms with Gasteiger partial charge in [0.05, 0.1) is 0 Å². The molecule has 0 N–H and O–H groups in total. The van der Waals surface area contributed by atoms with Crippen molar-refractivity contribution in [2.24, 2.45) is 7.05 Å². The molecular formula is C13H12F3N5O3. The third kappa shape index (κ3) is 3.01. The van der Waals surface area contributed by atoms with E-state index in [2.05, 4.69) is 19.8 Å². The van der Waals surface area contributed by atoms with Crippen molar-refractivity contribution in [3.8, 4) is 0 Å². The van der Waals surface area contributed by atoms with Gasteiger partial charge in [0.2, 0.25) is 0 Å². The largest absolute Gasteiger partial charge is 0.471 e. The second-order valence-electron chi connectivity index (χ2n) is 5.37. The lowest BCUT2D eigenvalue weighted by molar-refractivity contribution is -0.159. The maximum atomic E-state index is 12.5. The highest BCUT2D eigenvalue weighted by Crippen LogP contribution is 2.31. The van der Waals surface area contributed by atoms with Crippen LogP contribution >= 0.6 is 0 Å². The summed E-state index contributed by atoms with van der Waals surface area (Å²) in [6.07, 6.45) is -4.29. The van der Waals surface area contributed by atoms with Gasteiger partial charge in [-0.1, -0.05) is 5.16 Å². The fourth-order valence-corrected chi connectivity index (χ4v) is 2.45. The van der Waals surface area contributed by atoms with Crippen molar-refractivity contribution < 1.29 is 22.5 Å². The Labute approximate surface area is 132 Å². The van der Waals surface area contributed by atoms with Gasteiger partial charge in [0.25, 0.3) is 11.5 Å². The van der Waals surface area contributed by atoms with E-state index in [1.807, 2.05) is 0 Å². The molecule has 0 saturated carbocycles. The van der Waals surface area contributed by atoms with E-state index >= 15 is 0 Å². The highest BCUT2D eigenvalue weighted by Gasteiger charge is 2.40. The van der Waals surface area contributed by atoms with Crippen LogP contribution in [0.25, 0.3) is 0 Å². The van der Waals surface area contributed by atoms with Gasteiger partial charge < -0.3 is 9.42 Å². The van der Waals surface area contributed by atoms with Crippen LogP contribution < -0.4 is 5.56 Å². The van der Waals surface area contributed by atoms with Crippen LogP contribution in [-0.2, 0) is 13.2 Å². The molecule has 3 rings (SSSR count). The zero-order valence-electron chi connectivity index (χ0n) is 12.4. The molecule has 1 atom stereocenters. The van der Waals surface area contributed by atoms with Crippen molar-refractivity contribution in [3.63, 3.8) is 0 Å². The summed E-state index contributed by atoms with van der Waals surface area (Å²) in [6, 6.07) is 2.54. The SMILES string of the molecule is Cn1nc(C(=O)N2CCC(c3noc(C(F)(F)F)n3)C2)ccc1=O. The molecule has 3 heterocycles. The Morgan fingerprint density at radius 3 is 2.75 bits per heavy atom. The minimum absolute atomic E-state index is 0.0777. The van der Waals surface area contributed by atoms with Crippen LogP contribution in [0, 0.1) is 0 Å². The standard InChI is InChI=1S/C13H12F3N5O3/c1-20-9(22)3-2-8(18-20)11(23)21-5-4-7(6-21)10-17-12(24-19-10)13(14,15)16/h2-3,7H,4-6H2,1H3. The predicted octanol–water partition coefficient (Wildman–Crippen LogP) is 0.812. The molecule has 11 heteroatoms. The van der Waals surface area contributed by atoms with Gasteiger partial charge in [-0.05, 0) is 12.5 Å². The topological polar surface area (TPSA) is 94.1 Å². The number of amides is 1. The smallest absolute Gasteiger partial charge is 0.336 e. The molecule has 128 valence electrons. The van der Waals surface area contributed by atoms with Gasteiger partial charge in [0.1, 0.15) is 5.69 Å². The zero-order valence-corrected chi connectivity index (χ0v) is 12.4. The number of carbonyl (C=O) groups is 1. The molecule has 0 aromatic carbocycles. The quantitative estimate of drug-likeness (QED) is 0.801. The number of aromatic nitrogens is 4. The van der Waals surface area contributed by atoms with Gasteiger partial charge in [-0.25, -0.2) is 4.68 Å². The molecule has 0 bridgehead atoms. The van der Waals surface area contributed by atoms with Gasteiger partial charge in [0.15, 0.2) is 5.82 Å². The van der Waals surface area contributed by atoms with Crippen LogP contribution in [0.3, 0.4) is 0 Å². The fourth-order valence-electron chi connectivity index (χ4n) is 2.45. The van der Waals surface area contributed by atoms with Crippen LogP contribution in [-0.4, -0.2) is 43.8 Å². The van der Waals surface area contributed by atoms with Crippen LogP contribution in [0.15, 0.2) is 21.5 Å². The number of aryl methyl sites for hydroxylation is 1. The molecule has 0 aliphatic carbocycles. The number of halogens is 3. The Balaban J connectivity index is 1.73. The van der Waals surface area contributed by atoms with Crippen molar-refractivity contribution in [1.82, 2.24) is 24.8 Å². The maximum Gasteiger partial charge on any atom is 0.471 e. The number of alkyl halides is 3. The summed E-state index contributed by atoms with van der Waals surface area (Å²) in [5.74, 6) is -2.33. The average Bonchev–Trinajstić information content (AvgIpc) is 3.17. The Kier molecular flexibility index (Phi) is 3.85. The Bertz CT molecular complexity index is 829.